The van der Waals surface area contributed by atoms with E-state index >= 15 is 0 Å². The topological polar surface area (TPSA) is 90.1 Å². The first-order valence-corrected chi connectivity index (χ1v) is 7.97. The number of hydrogen-bond donors (Lipinski definition) is 2. The fourth-order valence-corrected chi connectivity index (χ4v) is 2.74. The van der Waals surface area contributed by atoms with Crippen LogP contribution in [-0.2, 0) is 11.0 Å². The quantitative estimate of drug-likeness (QED) is 0.851. The lowest BCUT2D eigenvalue weighted by molar-refractivity contribution is 0.389. The summed E-state index contributed by atoms with van der Waals surface area (Å²) in [5.74, 6) is 0.169. The molecular formula is C14H17FN4O2S. The Morgan fingerprint density at radius 1 is 1.36 bits per heavy atom. The van der Waals surface area contributed by atoms with Crippen molar-refractivity contribution in [2.75, 3.05) is 23.3 Å². The molecule has 0 aliphatic rings. The van der Waals surface area contributed by atoms with Crippen LogP contribution < -0.4 is 15.2 Å². The predicted molar refractivity (Wildman–Crippen MR) is 85.3 cm³/mol. The van der Waals surface area contributed by atoms with Crippen molar-refractivity contribution >= 4 is 22.5 Å². The van der Waals surface area contributed by atoms with Crippen molar-refractivity contribution in [1.29, 1.82) is 0 Å². The Labute approximate surface area is 130 Å². The lowest BCUT2D eigenvalue weighted by Gasteiger charge is -2.13. The molecular weight excluding hydrogens is 307 g/mol. The molecule has 2 rings (SSSR count). The molecule has 1 aromatic heterocycles. The van der Waals surface area contributed by atoms with E-state index in [1.54, 1.807) is 6.07 Å². The summed E-state index contributed by atoms with van der Waals surface area (Å²) in [5.41, 5.74) is 6.74. The molecule has 0 aliphatic carbocycles. The van der Waals surface area contributed by atoms with Gasteiger partial charge in [0, 0.05) is 11.3 Å². The maximum absolute atomic E-state index is 14.2. The van der Waals surface area contributed by atoms with Crippen molar-refractivity contribution in [3.63, 3.8) is 0 Å². The molecule has 0 fully saturated rings. The van der Waals surface area contributed by atoms with Gasteiger partial charge in [-0.05, 0) is 18.6 Å². The van der Waals surface area contributed by atoms with E-state index < -0.39 is 16.8 Å². The molecule has 1 atom stereocenters. The van der Waals surface area contributed by atoms with E-state index in [0.717, 1.165) is 6.42 Å². The lowest BCUT2D eigenvalue weighted by Crippen LogP contribution is -2.09. The third-order valence-electron chi connectivity index (χ3n) is 2.83. The molecule has 22 heavy (non-hydrogen) atoms. The van der Waals surface area contributed by atoms with Crippen LogP contribution in [0.2, 0.25) is 0 Å². The molecule has 0 aliphatic heterocycles. The molecule has 0 bridgehead atoms. The van der Waals surface area contributed by atoms with Gasteiger partial charge in [-0.15, -0.1) is 0 Å². The molecule has 0 saturated carbocycles. The van der Waals surface area contributed by atoms with Gasteiger partial charge in [0.1, 0.15) is 16.8 Å². The highest BCUT2D eigenvalue weighted by Crippen LogP contribution is 2.33. The highest BCUT2D eigenvalue weighted by Gasteiger charge is 2.15. The first kappa shape index (κ1) is 16.2. The number of aromatic nitrogens is 2. The largest absolute Gasteiger partial charge is 0.492 e. The van der Waals surface area contributed by atoms with Gasteiger partial charge in [0.25, 0.3) is 0 Å². The molecule has 3 N–H and O–H groups in total. The molecule has 2 aromatic rings. The van der Waals surface area contributed by atoms with Crippen molar-refractivity contribution < 1.29 is 13.3 Å². The molecule has 0 spiro atoms. The SMILES string of the molecule is CCCS(=O)Nc1cc(-c2cnc(N)cn2)cc(F)c1OC. The van der Waals surface area contributed by atoms with E-state index in [9.17, 15) is 8.60 Å². The van der Waals surface area contributed by atoms with E-state index in [1.165, 1.54) is 25.6 Å². The number of methoxy groups -OCH3 is 1. The second-order valence-corrected chi connectivity index (χ2v) is 5.82. The lowest BCUT2D eigenvalue weighted by atomic mass is 10.1. The van der Waals surface area contributed by atoms with Crippen LogP contribution in [0.1, 0.15) is 13.3 Å². The summed E-state index contributed by atoms with van der Waals surface area (Å²) in [6.07, 6.45) is 3.58. The zero-order valence-corrected chi connectivity index (χ0v) is 13.1. The molecule has 0 amide bonds. The summed E-state index contributed by atoms with van der Waals surface area (Å²) in [6, 6.07) is 2.91. The monoisotopic (exact) mass is 324 g/mol. The van der Waals surface area contributed by atoms with Gasteiger partial charge in [-0.2, -0.15) is 0 Å². The fourth-order valence-electron chi connectivity index (χ4n) is 1.87. The van der Waals surface area contributed by atoms with Crippen molar-refractivity contribution in [3.8, 4) is 17.0 Å². The van der Waals surface area contributed by atoms with E-state index in [-0.39, 0.29) is 11.6 Å². The molecule has 0 saturated heterocycles. The minimum absolute atomic E-state index is 0.0107. The second-order valence-electron chi connectivity index (χ2n) is 4.52. The third-order valence-corrected chi connectivity index (χ3v) is 4.06. The van der Waals surface area contributed by atoms with E-state index in [0.29, 0.717) is 22.7 Å². The second kappa shape index (κ2) is 7.17. The maximum Gasteiger partial charge on any atom is 0.178 e. The number of hydrogen-bond acceptors (Lipinski definition) is 5. The fraction of sp³-hybridized carbons (Fsp3) is 0.286. The van der Waals surface area contributed by atoms with Crippen LogP contribution in [0.4, 0.5) is 15.9 Å². The predicted octanol–water partition coefficient (Wildman–Crippen LogP) is 2.36. The Morgan fingerprint density at radius 2 is 2.14 bits per heavy atom. The standard InChI is InChI=1S/C14H17FN4O2S/c1-3-4-22(20)19-11-6-9(5-10(15)14(11)21-2)12-7-18-13(16)8-17-12/h5-8,19H,3-4H2,1-2H3,(H2,16,18). The minimum Gasteiger partial charge on any atom is -0.492 e. The number of anilines is 2. The Balaban J connectivity index is 2.42. The molecule has 6 nitrogen and oxygen atoms in total. The summed E-state index contributed by atoms with van der Waals surface area (Å²) < 4.78 is 33.8. The van der Waals surface area contributed by atoms with Crippen LogP contribution in [-0.4, -0.2) is 27.0 Å². The first-order chi connectivity index (χ1) is 10.5. The zero-order valence-electron chi connectivity index (χ0n) is 12.3. The van der Waals surface area contributed by atoms with Gasteiger partial charge in [0.05, 0.1) is 30.9 Å². The Bertz CT molecular complexity index is 679. The van der Waals surface area contributed by atoms with Crippen molar-refractivity contribution in [1.82, 2.24) is 9.97 Å². The number of ether oxygens (including phenoxy) is 1. The van der Waals surface area contributed by atoms with Crippen LogP contribution in [0.25, 0.3) is 11.3 Å². The molecule has 1 heterocycles. The van der Waals surface area contributed by atoms with Gasteiger partial charge in [-0.1, -0.05) is 6.92 Å². The molecule has 1 aromatic carbocycles. The Hall–Kier alpha value is -2.22. The summed E-state index contributed by atoms with van der Waals surface area (Å²) in [4.78, 5) is 8.03. The van der Waals surface area contributed by atoms with Gasteiger partial charge >= 0.3 is 0 Å². The summed E-state index contributed by atoms with van der Waals surface area (Å²) >= 11 is 0. The maximum atomic E-state index is 14.2. The van der Waals surface area contributed by atoms with Crippen LogP contribution in [0.15, 0.2) is 24.5 Å². The van der Waals surface area contributed by atoms with Gasteiger partial charge < -0.3 is 15.2 Å². The normalized spacial score (nSPS) is 12.0. The van der Waals surface area contributed by atoms with Crippen molar-refractivity contribution in [3.05, 3.63) is 30.3 Å². The number of rotatable bonds is 6. The van der Waals surface area contributed by atoms with Gasteiger partial charge in [0.2, 0.25) is 0 Å². The van der Waals surface area contributed by atoms with E-state index in [1.807, 2.05) is 6.92 Å². The molecule has 118 valence electrons. The average Bonchev–Trinajstić information content (AvgIpc) is 2.48. The molecule has 1 unspecified atom stereocenters. The van der Waals surface area contributed by atoms with E-state index in [2.05, 4.69) is 14.7 Å². The minimum atomic E-state index is -1.31. The van der Waals surface area contributed by atoms with Gasteiger partial charge in [-0.25, -0.2) is 13.6 Å². The van der Waals surface area contributed by atoms with Crippen molar-refractivity contribution in [2.45, 2.75) is 13.3 Å². The summed E-state index contributed by atoms with van der Waals surface area (Å²) in [6.45, 7) is 1.91. The number of nitrogens with two attached hydrogens (primary N) is 1. The van der Waals surface area contributed by atoms with Crippen LogP contribution in [0.5, 0.6) is 5.75 Å². The smallest absolute Gasteiger partial charge is 0.178 e. The van der Waals surface area contributed by atoms with Gasteiger partial charge in [-0.3, -0.25) is 4.98 Å². The molecule has 0 radical (unpaired) electrons. The van der Waals surface area contributed by atoms with Crippen molar-refractivity contribution in [2.24, 2.45) is 0 Å². The summed E-state index contributed by atoms with van der Waals surface area (Å²) in [5, 5.41) is 0. The molecule has 8 heteroatoms. The Kier molecular flexibility index (Phi) is 5.26. The summed E-state index contributed by atoms with van der Waals surface area (Å²) in [7, 11) is 0.0440. The third kappa shape index (κ3) is 3.70. The van der Waals surface area contributed by atoms with Crippen LogP contribution in [0, 0.1) is 5.82 Å². The highest BCUT2D eigenvalue weighted by molar-refractivity contribution is 7.86. The number of benzene rings is 1. The van der Waals surface area contributed by atoms with E-state index in [4.69, 9.17) is 10.5 Å². The first-order valence-electron chi connectivity index (χ1n) is 6.65. The average molecular weight is 324 g/mol. The number of nitrogen functional groups attached to an aromatic ring is 1. The van der Waals surface area contributed by atoms with Crippen LogP contribution >= 0.6 is 0 Å². The Morgan fingerprint density at radius 3 is 2.73 bits per heavy atom. The zero-order chi connectivity index (χ0) is 16.1. The van der Waals surface area contributed by atoms with Gasteiger partial charge in [0.15, 0.2) is 11.6 Å². The van der Waals surface area contributed by atoms with Crippen LogP contribution in [0.3, 0.4) is 0 Å². The number of nitrogens with one attached hydrogen (secondary N) is 1. The highest BCUT2D eigenvalue weighted by atomic mass is 32.2. The number of nitrogens with zero attached hydrogens (tertiary/aromatic N) is 2. The number of halogens is 1.